The van der Waals surface area contributed by atoms with Crippen molar-refractivity contribution in [3.8, 4) is 0 Å². The fourth-order valence-electron chi connectivity index (χ4n) is 7.26. The van der Waals surface area contributed by atoms with E-state index in [9.17, 15) is 31.9 Å². The van der Waals surface area contributed by atoms with Crippen LogP contribution in [0.2, 0.25) is 0 Å². The molecule has 0 amide bonds. The summed E-state index contributed by atoms with van der Waals surface area (Å²) in [6.45, 7) is 1.83. The minimum Gasteiger partial charge on any atom is -0.390 e. The molecule has 0 radical (unpaired) electrons. The number of hydrogen-bond donors (Lipinski definition) is 3. The number of ether oxygens (including phenoxy) is 7. The second-order valence-corrected chi connectivity index (χ2v) is 14.0. The van der Waals surface area contributed by atoms with Gasteiger partial charge in [0.25, 0.3) is 0 Å². The van der Waals surface area contributed by atoms with Gasteiger partial charge in [-0.25, -0.2) is 0 Å². The average Bonchev–Trinajstić information content (AvgIpc) is 3.25. The molecule has 25 heteroatoms. The van der Waals surface area contributed by atoms with Crippen molar-refractivity contribution in [1.29, 1.82) is 0 Å². The minimum absolute atomic E-state index is 0.0562. The third-order valence-corrected chi connectivity index (χ3v) is 10.1. The number of rotatable bonds is 20. The van der Waals surface area contributed by atoms with Gasteiger partial charge in [0, 0.05) is 37.7 Å². The van der Waals surface area contributed by atoms with Crippen LogP contribution in [-0.2, 0) is 46.4 Å². The summed E-state index contributed by atoms with van der Waals surface area (Å²) in [7, 11) is 0. The zero-order valence-corrected chi connectivity index (χ0v) is 32.3. The first kappa shape index (κ1) is 45.7. The third-order valence-electron chi connectivity index (χ3n) is 10.1. The topological polar surface area (TPSA) is 369 Å². The van der Waals surface area contributed by atoms with Gasteiger partial charge in [-0.05, 0) is 58.5 Å². The van der Waals surface area contributed by atoms with Gasteiger partial charge in [0.2, 0.25) is 0 Å². The van der Waals surface area contributed by atoms with Crippen molar-refractivity contribution in [2.45, 2.75) is 125 Å². The largest absolute Gasteiger partial charge is 0.390 e. The lowest BCUT2D eigenvalue weighted by molar-refractivity contribution is -0.342. The van der Waals surface area contributed by atoms with Crippen LogP contribution in [0, 0.1) is 0 Å². The van der Waals surface area contributed by atoms with Crippen molar-refractivity contribution >= 4 is 0 Å². The smallest absolute Gasteiger partial charge is 0.187 e. The summed E-state index contributed by atoms with van der Waals surface area (Å²) in [5.41, 5.74) is 47.7. The molecule has 0 bridgehead atoms. The van der Waals surface area contributed by atoms with E-state index in [-0.39, 0.29) is 32.8 Å². The highest BCUT2D eigenvalue weighted by Gasteiger charge is 2.54. The molecule has 2 aromatic rings. The lowest BCUT2D eigenvalue weighted by Crippen LogP contribution is -2.65. The van der Waals surface area contributed by atoms with Gasteiger partial charge in [0.15, 0.2) is 12.6 Å². The van der Waals surface area contributed by atoms with Gasteiger partial charge in [0.05, 0.1) is 62.4 Å². The molecule has 2 aliphatic heterocycles. The SMILES string of the molecule is C[C@H]1O[C@H](O[C@@H]2[C@@H](O)[C@H](O[C@H]3O[C@H](CN=[N+]=[N-])[C@@H](O)[C@H](O)[C@H]3N=[N+]=[N-])[C@@H](N=[N+]=[N-])C[C@H]2N=[N+]=[N-])[C@H](OCc2ccccc2)[C@@H](OCc2ccccc2)[C@@H]1OCCCN=[N+]=[N-]. The second kappa shape index (κ2) is 23.4. The molecule has 3 aliphatic rings. The Balaban J connectivity index is 1.49. The number of hydrogen-bond acceptors (Lipinski definition) is 15. The van der Waals surface area contributed by atoms with Crippen LogP contribution in [0.4, 0.5) is 0 Å². The molecule has 1 aliphatic carbocycles. The summed E-state index contributed by atoms with van der Waals surface area (Å²) in [6, 6.07) is 14.6. The number of azide groups is 5. The monoisotopic (exact) mass is 835 g/mol. The molecule has 2 aromatic carbocycles. The predicted octanol–water partition coefficient (Wildman–Crippen LogP) is 5.32. The molecule has 0 spiro atoms. The lowest BCUT2D eigenvalue weighted by Gasteiger charge is -2.49. The molecule has 3 N–H and O–H groups in total. The minimum atomic E-state index is -1.80. The summed E-state index contributed by atoms with van der Waals surface area (Å²) in [5.74, 6) is 0. The molecule has 2 heterocycles. The Morgan fingerprint density at radius 3 is 1.75 bits per heavy atom. The number of aliphatic hydroxyl groups excluding tert-OH is 3. The van der Waals surface area contributed by atoms with Crippen LogP contribution in [-0.4, -0.2) is 127 Å². The molecule has 0 unspecified atom stereocenters. The van der Waals surface area contributed by atoms with Gasteiger partial charge >= 0.3 is 0 Å². The van der Waals surface area contributed by atoms with E-state index >= 15 is 0 Å². The molecule has 25 nitrogen and oxygen atoms in total. The maximum Gasteiger partial charge on any atom is 0.187 e. The predicted molar refractivity (Wildman–Crippen MR) is 207 cm³/mol. The van der Waals surface area contributed by atoms with Crippen molar-refractivity contribution in [1.82, 2.24) is 0 Å². The molecule has 5 rings (SSSR count). The van der Waals surface area contributed by atoms with E-state index in [2.05, 4.69) is 50.1 Å². The van der Waals surface area contributed by atoms with Crippen molar-refractivity contribution in [2.75, 3.05) is 19.7 Å². The van der Waals surface area contributed by atoms with E-state index in [4.69, 9.17) is 44.2 Å². The standard InChI is InChI=1S/C35H45N15O10/c1-19-29(54-14-8-13-41-46-36)32(55-17-20-9-4-2-5-10-20)33(56-18-21-11-6-3-7-12-21)35(57-19)60-31-23(44-49-39)15-22(43-48-38)30(28(31)53)59-34-25(45-50-40)27(52)26(51)24(58-34)16-42-47-37/h2-7,9-12,19,22-35,51-53H,8,13-18H2,1H3/t19-,22+,23-,24-,25-,26-,27-,28+,29-,30-,31+,32+,33-,34-,35-/m1/s1. The normalized spacial score (nSPS) is 33.7. The summed E-state index contributed by atoms with van der Waals surface area (Å²) >= 11 is 0. The van der Waals surface area contributed by atoms with E-state index in [1.807, 2.05) is 60.7 Å². The van der Waals surface area contributed by atoms with Gasteiger partial charge in [0.1, 0.15) is 36.6 Å². The van der Waals surface area contributed by atoms with Crippen molar-refractivity contribution in [3.05, 3.63) is 124 Å². The fourth-order valence-corrected chi connectivity index (χ4v) is 7.26. The molecule has 0 aromatic heterocycles. The number of aliphatic hydroxyl groups is 3. The number of benzene rings is 2. The molecule has 3 fully saturated rings. The highest BCUT2D eigenvalue weighted by atomic mass is 16.7. The van der Waals surface area contributed by atoms with Crippen molar-refractivity contribution < 1.29 is 48.5 Å². The van der Waals surface area contributed by atoms with Crippen molar-refractivity contribution in [3.63, 3.8) is 0 Å². The third kappa shape index (κ3) is 11.9. The molecule has 15 atom stereocenters. The van der Waals surface area contributed by atoms with Gasteiger partial charge in [-0.3, -0.25) is 0 Å². The van der Waals surface area contributed by atoms with Gasteiger partial charge in [-0.15, -0.1) is 0 Å². The summed E-state index contributed by atoms with van der Waals surface area (Å²) in [6.07, 6.45) is -15.9. The summed E-state index contributed by atoms with van der Waals surface area (Å²) in [4.78, 5) is 14.0. The molecule has 60 heavy (non-hydrogen) atoms. The molecule has 2 saturated heterocycles. The van der Waals surface area contributed by atoms with Crippen LogP contribution in [0.15, 0.2) is 86.2 Å². The van der Waals surface area contributed by atoms with Crippen LogP contribution >= 0.6 is 0 Å². The maximum atomic E-state index is 12.1. The van der Waals surface area contributed by atoms with Crippen LogP contribution < -0.4 is 0 Å². The van der Waals surface area contributed by atoms with E-state index in [0.29, 0.717) is 6.42 Å². The second-order valence-electron chi connectivity index (χ2n) is 14.0. The maximum absolute atomic E-state index is 12.1. The first-order valence-electron chi connectivity index (χ1n) is 19.0. The Hall–Kier alpha value is -5.41. The molecule has 1 saturated carbocycles. The van der Waals surface area contributed by atoms with Gasteiger partial charge in [-0.2, -0.15) is 0 Å². The Labute approximate surface area is 342 Å². The van der Waals surface area contributed by atoms with Crippen molar-refractivity contribution in [2.24, 2.45) is 25.6 Å². The Bertz CT molecular complexity index is 1910. The quantitative estimate of drug-likeness (QED) is 0.0667. The van der Waals surface area contributed by atoms with Crippen LogP contribution in [0.3, 0.4) is 0 Å². The fraction of sp³-hybridized carbons (Fsp3) is 0.657. The van der Waals surface area contributed by atoms with Crippen LogP contribution in [0.1, 0.15) is 30.9 Å². The van der Waals surface area contributed by atoms with E-state index < -0.39 is 98.3 Å². The zero-order chi connectivity index (χ0) is 42.9. The first-order chi connectivity index (χ1) is 29.2. The summed E-state index contributed by atoms with van der Waals surface area (Å²) in [5, 5.41) is 51.8. The van der Waals surface area contributed by atoms with E-state index in [1.54, 1.807) is 6.92 Å². The van der Waals surface area contributed by atoms with Gasteiger partial charge in [-0.1, -0.05) is 86.2 Å². The number of nitrogens with zero attached hydrogens (tertiary/aromatic N) is 15. The van der Waals surface area contributed by atoms with Crippen LogP contribution in [0.5, 0.6) is 0 Å². The van der Waals surface area contributed by atoms with Crippen LogP contribution in [0.25, 0.3) is 52.2 Å². The Morgan fingerprint density at radius 1 is 0.617 bits per heavy atom. The first-order valence-corrected chi connectivity index (χ1v) is 19.0. The molecular formula is C35H45N15O10. The highest BCUT2D eigenvalue weighted by Crippen LogP contribution is 2.37. The molecular weight excluding hydrogens is 790 g/mol. The lowest BCUT2D eigenvalue weighted by atomic mass is 9.84. The zero-order valence-electron chi connectivity index (χ0n) is 32.3. The molecule has 320 valence electrons. The Morgan fingerprint density at radius 2 is 1.18 bits per heavy atom. The highest BCUT2D eigenvalue weighted by molar-refractivity contribution is 5.15. The van der Waals surface area contributed by atoms with E-state index in [0.717, 1.165) is 11.1 Å². The Kier molecular flexibility index (Phi) is 17.8. The summed E-state index contributed by atoms with van der Waals surface area (Å²) < 4.78 is 44.3. The van der Waals surface area contributed by atoms with E-state index in [1.165, 1.54) is 0 Å². The van der Waals surface area contributed by atoms with Gasteiger partial charge < -0.3 is 48.5 Å². The average molecular weight is 836 g/mol.